The Bertz CT molecular complexity index is 536. The molecule has 0 aliphatic rings. The van der Waals surface area contributed by atoms with Crippen LogP contribution in [0.25, 0.3) is 0 Å². The fraction of sp³-hybridized carbons (Fsp3) is 0.250. The summed E-state index contributed by atoms with van der Waals surface area (Å²) in [6.45, 7) is 0. The maximum Gasteiger partial charge on any atom is 0.183 e. The summed E-state index contributed by atoms with van der Waals surface area (Å²) in [5.74, 6) is -0.0422. The Balaban J connectivity index is 2.01. The zero-order chi connectivity index (χ0) is 12.3. The van der Waals surface area contributed by atoms with Gasteiger partial charge in [0.2, 0.25) is 0 Å². The van der Waals surface area contributed by atoms with Gasteiger partial charge in [-0.05, 0) is 24.1 Å². The second-order valence-corrected chi connectivity index (χ2v) is 4.19. The van der Waals surface area contributed by atoms with Crippen LogP contribution in [-0.4, -0.2) is 20.5 Å². The third-order valence-corrected chi connectivity index (χ3v) is 2.73. The van der Waals surface area contributed by atoms with Crippen molar-refractivity contribution in [2.45, 2.75) is 12.8 Å². The average Bonchev–Trinajstić information content (AvgIpc) is 2.73. The minimum Gasteiger partial charge on any atom is -0.292 e. The lowest BCUT2D eigenvalue weighted by Gasteiger charge is -2.00. The summed E-state index contributed by atoms with van der Waals surface area (Å²) in [4.78, 5) is 15.9. The second-order valence-electron chi connectivity index (χ2n) is 3.78. The molecule has 88 valence electrons. The van der Waals surface area contributed by atoms with E-state index in [4.69, 9.17) is 11.6 Å². The van der Waals surface area contributed by atoms with E-state index < -0.39 is 0 Å². The van der Waals surface area contributed by atoms with Crippen molar-refractivity contribution < 1.29 is 4.79 Å². The maximum atomic E-state index is 11.9. The summed E-state index contributed by atoms with van der Waals surface area (Å²) < 4.78 is 1.72. The van der Waals surface area contributed by atoms with E-state index in [1.165, 1.54) is 0 Å². The van der Waals surface area contributed by atoms with Crippen LogP contribution >= 0.6 is 11.6 Å². The molecule has 0 amide bonds. The Kier molecular flexibility index (Phi) is 3.54. The number of hydrogen-bond acceptors (Lipinski definition) is 3. The molecule has 0 bridgehead atoms. The number of rotatable bonds is 4. The number of pyridine rings is 1. The van der Waals surface area contributed by atoms with Crippen molar-refractivity contribution in [2.24, 2.45) is 7.05 Å². The predicted molar refractivity (Wildman–Crippen MR) is 65.1 cm³/mol. The Labute approximate surface area is 104 Å². The van der Waals surface area contributed by atoms with E-state index >= 15 is 0 Å². The molecule has 2 aromatic heterocycles. The Hall–Kier alpha value is -1.68. The third-order valence-electron chi connectivity index (χ3n) is 2.42. The number of ketones is 1. The number of Topliss-reactive ketones (excluding diaryl/α,β-unsaturated/α-hetero) is 1. The summed E-state index contributed by atoms with van der Waals surface area (Å²) in [7, 11) is 1.85. The van der Waals surface area contributed by atoms with Gasteiger partial charge < -0.3 is 0 Å². The molecule has 0 N–H and O–H groups in total. The van der Waals surface area contributed by atoms with Crippen LogP contribution in [0.3, 0.4) is 0 Å². The molecule has 2 aromatic rings. The van der Waals surface area contributed by atoms with Gasteiger partial charge in [-0.1, -0.05) is 11.6 Å². The standard InChI is InChI=1S/C12H12ClN3O/c1-16-8-9(7-15-16)4-5-11(17)12-10(13)3-2-6-14-12/h2-3,6-8H,4-5H2,1H3. The van der Waals surface area contributed by atoms with E-state index in [1.807, 2.05) is 13.2 Å². The van der Waals surface area contributed by atoms with E-state index in [0.29, 0.717) is 23.6 Å². The summed E-state index contributed by atoms with van der Waals surface area (Å²) in [5.41, 5.74) is 1.38. The number of aromatic nitrogens is 3. The Morgan fingerprint density at radius 3 is 3.00 bits per heavy atom. The highest BCUT2D eigenvalue weighted by molar-refractivity contribution is 6.33. The summed E-state index contributed by atoms with van der Waals surface area (Å²) in [6, 6.07) is 3.38. The lowest BCUT2D eigenvalue weighted by Crippen LogP contribution is -2.04. The van der Waals surface area contributed by atoms with Crippen LogP contribution in [0.1, 0.15) is 22.5 Å². The number of carbonyl (C=O) groups is 1. The number of hydrogen-bond donors (Lipinski definition) is 0. The highest BCUT2D eigenvalue weighted by Crippen LogP contribution is 2.15. The number of halogens is 1. The van der Waals surface area contributed by atoms with E-state index in [2.05, 4.69) is 10.1 Å². The van der Waals surface area contributed by atoms with E-state index in [-0.39, 0.29) is 5.78 Å². The maximum absolute atomic E-state index is 11.9. The minimum absolute atomic E-state index is 0.0422. The molecule has 2 rings (SSSR count). The van der Waals surface area contributed by atoms with Gasteiger partial charge in [-0.3, -0.25) is 14.5 Å². The molecule has 0 saturated heterocycles. The molecule has 5 heteroatoms. The average molecular weight is 250 g/mol. The van der Waals surface area contributed by atoms with Crippen LogP contribution in [0.2, 0.25) is 5.02 Å². The Morgan fingerprint density at radius 2 is 2.35 bits per heavy atom. The van der Waals surface area contributed by atoms with Gasteiger partial charge in [0.15, 0.2) is 5.78 Å². The first kappa shape index (κ1) is 11.8. The molecule has 0 aliphatic carbocycles. The van der Waals surface area contributed by atoms with Crippen molar-refractivity contribution in [3.63, 3.8) is 0 Å². The first-order chi connectivity index (χ1) is 8.16. The van der Waals surface area contributed by atoms with Crippen LogP contribution in [-0.2, 0) is 13.5 Å². The van der Waals surface area contributed by atoms with E-state index in [9.17, 15) is 4.79 Å². The molecule has 0 spiro atoms. The summed E-state index contributed by atoms with van der Waals surface area (Å²) >= 11 is 5.91. The molecule has 0 saturated carbocycles. The van der Waals surface area contributed by atoms with Gasteiger partial charge in [0, 0.05) is 25.9 Å². The van der Waals surface area contributed by atoms with Gasteiger partial charge in [-0.25, -0.2) is 0 Å². The lowest BCUT2D eigenvalue weighted by atomic mass is 10.1. The minimum atomic E-state index is -0.0422. The first-order valence-corrected chi connectivity index (χ1v) is 5.66. The largest absolute Gasteiger partial charge is 0.292 e. The SMILES string of the molecule is Cn1cc(CCC(=O)c2ncccc2Cl)cn1. The summed E-state index contributed by atoms with van der Waals surface area (Å²) in [5, 5.41) is 4.45. The lowest BCUT2D eigenvalue weighted by molar-refractivity contribution is 0.0978. The summed E-state index contributed by atoms with van der Waals surface area (Å²) in [6.07, 6.45) is 6.27. The monoisotopic (exact) mass is 249 g/mol. The second kappa shape index (κ2) is 5.10. The number of aryl methyl sites for hydroxylation is 2. The Morgan fingerprint density at radius 1 is 1.53 bits per heavy atom. The molecular formula is C12H12ClN3O. The fourth-order valence-corrected chi connectivity index (χ4v) is 1.80. The van der Waals surface area contributed by atoms with Crippen molar-refractivity contribution >= 4 is 17.4 Å². The highest BCUT2D eigenvalue weighted by Gasteiger charge is 2.11. The highest BCUT2D eigenvalue weighted by atomic mass is 35.5. The number of carbonyl (C=O) groups excluding carboxylic acids is 1. The molecule has 0 unspecified atom stereocenters. The van der Waals surface area contributed by atoms with Gasteiger partial charge in [0.05, 0.1) is 11.2 Å². The third kappa shape index (κ3) is 2.91. The topological polar surface area (TPSA) is 47.8 Å². The van der Waals surface area contributed by atoms with Gasteiger partial charge >= 0.3 is 0 Å². The molecule has 0 atom stereocenters. The van der Waals surface area contributed by atoms with Gasteiger partial charge in [-0.15, -0.1) is 0 Å². The van der Waals surface area contributed by atoms with Gasteiger partial charge in [0.25, 0.3) is 0 Å². The van der Waals surface area contributed by atoms with Crippen molar-refractivity contribution in [2.75, 3.05) is 0 Å². The number of nitrogens with zero attached hydrogens (tertiary/aromatic N) is 3. The van der Waals surface area contributed by atoms with Crippen LogP contribution in [0.4, 0.5) is 0 Å². The molecule has 4 nitrogen and oxygen atoms in total. The van der Waals surface area contributed by atoms with Crippen molar-refractivity contribution in [1.29, 1.82) is 0 Å². The van der Waals surface area contributed by atoms with Crippen molar-refractivity contribution in [3.05, 3.63) is 47.0 Å². The molecule has 17 heavy (non-hydrogen) atoms. The van der Waals surface area contributed by atoms with Crippen LogP contribution < -0.4 is 0 Å². The van der Waals surface area contributed by atoms with E-state index in [1.54, 1.807) is 29.2 Å². The molecular weight excluding hydrogens is 238 g/mol. The first-order valence-electron chi connectivity index (χ1n) is 5.28. The molecule has 0 aliphatic heterocycles. The molecule has 0 aromatic carbocycles. The van der Waals surface area contributed by atoms with Crippen molar-refractivity contribution in [1.82, 2.24) is 14.8 Å². The van der Waals surface area contributed by atoms with Gasteiger partial charge in [-0.2, -0.15) is 5.10 Å². The molecule has 2 heterocycles. The quantitative estimate of drug-likeness (QED) is 0.781. The van der Waals surface area contributed by atoms with Gasteiger partial charge in [0.1, 0.15) is 5.69 Å². The van der Waals surface area contributed by atoms with Crippen LogP contribution in [0.15, 0.2) is 30.7 Å². The van der Waals surface area contributed by atoms with E-state index in [0.717, 1.165) is 5.56 Å². The predicted octanol–water partition coefficient (Wildman–Crippen LogP) is 2.28. The zero-order valence-corrected chi connectivity index (χ0v) is 10.2. The molecule has 0 radical (unpaired) electrons. The zero-order valence-electron chi connectivity index (χ0n) is 9.43. The normalized spacial score (nSPS) is 10.5. The van der Waals surface area contributed by atoms with Crippen LogP contribution in [0, 0.1) is 0 Å². The molecule has 0 fully saturated rings. The van der Waals surface area contributed by atoms with Crippen molar-refractivity contribution in [3.8, 4) is 0 Å². The fourth-order valence-electron chi connectivity index (χ4n) is 1.57. The smallest absolute Gasteiger partial charge is 0.183 e. The van der Waals surface area contributed by atoms with Crippen LogP contribution in [0.5, 0.6) is 0 Å².